The standard InChI is InChI=1S/C16H20N2O2S/c1-3-4-9-21-13-7-5-12(6-8-13)16-17-11(2)14(18-16)10-15(19)20/h5-8H,3-4,9-10H2,1-2H3,(H,17,18)(H,19,20). The average Bonchev–Trinajstić information content (AvgIpc) is 2.80. The Morgan fingerprint density at radius 1 is 1.33 bits per heavy atom. The van der Waals surface area contributed by atoms with Crippen LogP contribution < -0.4 is 0 Å². The Balaban J connectivity index is 2.09. The van der Waals surface area contributed by atoms with E-state index in [1.165, 1.54) is 17.7 Å². The number of nitrogens with one attached hydrogen (secondary N) is 1. The van der Waals surface area contributed by atoms with Crippen LogP contribution in [0.4, 0.5) is 0 Å². The molecular weight excluding hydrogens is 284 g/mol. The topological polar surface area (TPSA) is 66.0 Å². The second kappa shape index (κ2) is 7.31. The largest absolute Gasteiger partial charge is 0.481 e. The molecule has 112 valence electrons. The van der Waals surface area contributed by atoms with Gasteiger partial charge in [0.25, 0.3) is 0 Å². The van der Waals surface area contributed by atoms with Crippen LogP contribution in [0.5, 0.6) is 0 Å². The molecule has 2 aromatic rings. The SMILES string of the molecule is CCCCSc1ccc(-c2nc(CC(=O)O)c(C)[nH]2)cc1. The number of aromatic amines is 1. The molecule has 1 heterocycles. The van der Waals surface area contributed by atoms with Gasteiger partial charge in [0.1, 0.15) is 5.82 Å². The number of carbonyl (C=O) groups is 1. The molecule has 0 aliphatic carbocycles. The van der Waals surface area contributed by atoms with E-state index in [4.69, 9.17) is 5.11 Å². The fourth-order valence-electron chi connectivity index (χ4n) is 1.99. The second-order valence-corrected chi connectivity index (χ2v) is 6.12. The van der Waals surface area contributed by atoms with Crippen LogP contribution in [0, 0.1) is 6.92 Å². The van der Waals surface area contributed by atoms with E-state index in [9.17, 15) is 4.79 Å². The Morgan fingerprint density at radius 3 is 2.67 bits per heavy atom. The number of H-pyrrole nitrogens is 1. The molecule has 0 saturated heterocycles. The van der Waals surface area contributed by atoms with E-state index in [1.54, 1.807) is 0 Å². The van der Waals surface area contributed by atoms with Gasteiger partial charge in [0.2, 0.25) is 0 Å². The predicted octanol–water partition coefficient (Wildman–Crippen LogP) is 3.90. The van der Waals surface area contributed by atoms with Crippen molar-refractivity contribution in [1.82, 2.24) is 9.97 Å². The van der Waals surface area contributed by atoms with Crippen LogP contribution in [0.2, 0.25) is 0 Å². The van der Waals surface area contributed by atoms with Crippen LogP contribution in [0.1, 0.15) is 31.2 Å². The normalized spacial score (nSPS) is 10.8. The Morgan fingerprint density at radius 2 is 2.05 bits per heavy atom. The molecule has 0 radical (unpaired) electrons. The summed E-state index contributed by atoms with van der Waals surface area (Å²) >= 11 is 1.86. The van der Waals surface area contributed by atoms with Crippen LogP contribution in [-0.4, -0.2) is 26.8 Å². The third-order valence-electron chi connectivity index (χ3n) is 3.20. The number of thioether (sulfide) groups is 1. The molecule has 21 heavy (non-hydrogen) atoms. The Bertz CT molecular complexity index is 605. The maximum Gasteiger partial charge on any atom is 0.309 e. The zero-order valence-corrected chi connectivity index (χ0v) is 13.2. The Hall–Kier alpha value is -1.75. The zero-order chi connectivity index (χ0) is 15.2. The summed E-state index contributed by atoms with van der Waals surface area (Å²) in [7, 11) is 0. The summed E-state index contributed by atoms with van der Waals surface area (Å²) in [5, 5.41) is 8.85. The van der Waals surface area contributed by atoms with Gasteiger partial charge in [0.15, 0.2) is 0 Å². The van der Waals surface area contributed by atoms with Crippen molar-refractivity contribution in [3.8, 4) is 11.4 Å². The van der Waals surface area contributed by atoms with E-state index >= 15 is 0 Å². The number of aryl methyl sites for hydroxylation is 1. The lowest BCUT2D eigenvalue weighted by atomic mass is 10.2. The molecule has 0 bridgehead atoms. The number of aromatic nitrogens is 2. The van der Waals surface area contributed by atoms with E-state index in [2.05, 4.69) is 29.0 Å². The number of aliphatic carboxylic acids is 1. The minimum absolute atomic E-state index is 0.0483. The lowest BCUT2D eigenvalue weighted by Gasteiger charge is -2.02. The Labute approximate surface area is 129 Å². The van der Waals surface area contributed by atoms with Crippen molar-refractivity contribution in [2.75, 3.05) is 5.75 Å². The zero-order valence-electron chi connectivity index (χ0n) is 12.3. The summed E-state index contributed by atoms with van der Waals surface area (Å²) < 4.78 is 0. The number of benzene rings is 1. The van der Waals surface area contributed by atoms with E-state index in [1.807, 2.05) is 30.8 Å². The number of carboxylic acid groups (broad SMARTS) is 1. The highest BCUT2D eigenvalue weighted by molar-refractivity contribution is 7.99. The Kier molecular flexibility index (Phi) is 5.44. The monoisotopic (exact) mass is 304 g/mol. The molecule has 0 atom stereocenters. The minimum atomic E-state index is -0.862. The van der Waals surface area contributed by atoms with E-state index in [0.717, 1.165) is 22.8 Å². The molecule has 0 spiro atoms. The maximum atomic E-state index is 10.8. The molecule has 0 unspecified atom stereocenters. The van der Waals surface area contributed by atoms with Gasteiger partial charge < -0.3 is 10.1 Å². The number of imidazole rings is 1. The highest BCUT2D eigenvalue weighted by Crippen LogP contribution is 2.24. The van der Waals surface area contributed by atoms with Crippen molar-refractivity contribution in [1.29, 1.82) is 0 Å². The van der Waals surface area contributed by atoms with Gasteiger partial charge in [-0.25, -0.2) is 4.98 Å². The summed E-state index contributed by atoms with van der Waals surface area (Å²) in [5.74, 6) is 1.01. The predicted molar refractivity (Wildman–Crippen MR) is 85.7 cm³/mol. The van der Waals surface area contributed by atoms with Crippen molar-refractivity contribution >= 4 is 17.7 Å². The maximum absolute atomic E-state index is 10.8. The quantitative estimate of drug-likeness (QED) is 0.601. The molecule has 0 fully saturated rings. The molecule has 1 aromatic heterocycles. The smallest absolute Gasteiger partial charge is 0.309 e. The summed E-state index contributed by atoms with van der Waals surface area (Å²) in [6, 6.07) is 8.23. The molecule has 2 N–H and O–H groups in total. The van der Waals surface area contributed by atoms with Crippen LogP contribution in [0.15, 0.2) is 29.2 Å². The summed E-state index contributed by atoms with van der Waals surface area (Å²) in [4.78, 5) is 19.6. The molecule has 0 amide bonds. The van der Waals surface area contributed by atoms with Gasteiger partial charge in [0.05, 0.1) is 12.1 Å². The first-order valence-corrected chi connectivity index (χ1v) is 8.09. The number of carboxylic acids is 1. The highest BCUT2D eigenvalue weighted by Gasteiger charge is 2.11. The molecular formula is C16H20N2O2S. The molecule has 0 saturated carbocycles. The third-order valence-corrected chi connectivity index (χ3v) is 4.30. The van der Waals surface area contributed by atoms with Crippen molar-refractivity contribution in [2.24, 2.45) is 0 Å². The van der Waals surface area contributed by atoms with Crippen LogP contribution in [-0.2, 0) is 11.2 Å². The number of unbranched alkanes of at least 4 members (excludes halogenated alkanes) is 1. The summed E-state index contributed by atoms with van der Waals surface area (Å²) in [6.07, 6.45) is 2.39. The van der Waals surface area contributed by atoms with Gasteiger partial charge in [-0.15, -0.1) is 11.8 Å². The fraction of sp³-hybridized carbons (Fsp3) is 0.375. The second-order valence-electron chi connectivity index (χ2n) is 4.95. The van der Waals surface area contributed by atoms with E-state index < -0.39 is 5.97 Å². The van der Waals surface area contributed by atoms with Crippen LogP contribution >= 0.6 is 11.8 Å². The van der Waals surface area contributed by atoms with E-state index in [0.29, 0.717) is 5.69 Å². The lowest BCUT2D eigenvalue weighted by Crippen LogP contribution is -2.01. The number of nitrogens with zero attached hydrogens (tertiary/aromatic N) is 1. The fourth-order valence-corrected chi connectivity index (χ4v) is 2.99. The summed E-state index contributed by atoms with van der Waals surface area (Å²) in [6.45, 7) is 4.04. The van der Waals surface area contributed by atoms with Gasteiger partial charge in [-0.05, 0) is 31.2 Å². The minimum Gasteiger partial charge on any atom is -0.481 e. The molecule has 1 aromatic carbocycles. The molecule has 0 aliphatic rings. The van der Waals surface area contributed by atoms with Gasteiger partial charge in [-0.3, -0.25) is 4.79 Å². The first kappa shape index (κ1) is 15.6. The first-order valence-electron chi connectivity index (χ1n) is 7.10. The van der Waals surface area contributed by atoms with Crippen molar-refractivity contribution < 1.29 is 9.90 Å². The van der Waals surface area contributed by atoms with Gasteiger partial charge in [-0.2, -0.15) is 0 Å². The van der Waals surface area contributed by atoms with Crippen molar-refractivity contribution in [3.05, 3.63) is 35.7 Å². The average molecular weight is 304 g/mol. The molecule has 4 nitrogen and oxygen atoms in total. The van der Waals surface area contributed by atoms with Gasteiger partial charge in [0, 0.05) is 16.2 Å². The number of hydrogen-bond acceptors (Lipinski definition) is 3. The molecule has 5 heteroatoms. The van der Waals surface area contributed by atoms with Gasteiger partial charge >= 0.3 is 5.97 Å². The van der Waals surface area contributed by atoms with E-state index in [-0.39, 0.29) is 6.42 Å². The molecule has 0 aliphatic heterocycles. The molecule has 2 rings (SSSR count). The lowest BCUT2D eigenvalue weighted by molar-refractivity contribution is -0.136. The van der Waals surface area contributed by atoms with Gasteiger partial charge in [-0.1, -0.05) is 25.5 Å². The number of rotatable bonds is 7. The number of hydrogen-bond donors (Lipinski definition) is 2. The van der Waals surface area contributed by atoms with Crippen molar-refractivity contribution in [3.63, 3.8) is 0 Å². The highest BCUT2D eigenvalue weighted by atomic mass is 32.2. The van der Waals surface area contributed by atoms with Crippen LogP contribution in [0.3, 0.4) is 0 Å². The summed E-state index contributed by atoms with van der Waals surface area (Å²) in [5.41, 5.74) is 2.39. The first-order chi connectivity index (χ1) is 10.1. The van der Waals surface area contributed by atoms with Crippen molar-refractivity contribution in [2.45, 2.75) is 38.0 Å². The van der Waals surface area contributed by atoms with Crippen LogP contribution in [0.25, 0.3) is 11.4 Å². The third kappa shape index (κ3) is 4.36.